The molecule has 39 heavy (non-hydrogen) atoms. The number of ketones is 1. The van der Waals surface area contributed by atoms with E-state index in [-0.39, 0.29) is 28.7 Å². The number of hydrogen-bond acceptors (Lipinski definition) is 6. The average Bonchev–Trinajstić information content (AvgIpc) is 3.60. The first-order chi connectivity index (χ1) is 18.5. The molecule has 0 aliphatic carbocycles. The fraction of sp³-hybridized carbons (Fsp3) is 0.355. The Labute approximate surface area is 228 Å². The Morgan fingerprint density at radius 1 is 1.10 bits per heavy atom. The molecule has 8 heteroatoms. The first kappa shape index (κ1) is 27.8. The standard InChI is InChI=1S/C31H35N3O5/c1-7-19(20-12-14-21(15-13-20)26-17-23(30(36)37)34-39-26)16-24(35)28-27(29(33-32-28)31(3,4)5)18(2)22-10-8-9-11-25(22)38-6/h8-15,17-19H,7,16H2,1-6H3,(H,32,33)(H,36,37). The minimum absolute atomic E-state index is 0.0138. The van der Waals surface area contributed by atoms with Crippen LogP contribution in [0.3, 0.4) is 0 Å². The van der Waals surface area contributed by atoms with Crippen molar-refractivity contribution in [3.8, 4) is 17.1 Å². The number of carbonyl (C=O) groups excluding carboxylic acids is 1. The van der Waals surface area contributed by atoms with Crippen LogP contribution in [0.25, 0.3) is 11.3 Å². The molecule has 0 bridgehead atoms. The van der Waals surface area contributed by atoms with Crippen LogP contribution in [0.5, 0.6) is 5.75 Å². The molecule has 2 atom stereocenters. The molecule has 2 heterocycles. The Morgan fingerprint density at radius 2 is 1.79 bits per heavy atom. The first-order valence-electron chi connectivity index (χ1n) is 13.1. The van der Waals surface area contributed by atoms with Gasteiger partial charge in [0.05, 0.1) is 7.11 Å². The van der Waals surface area contributed by atoms with E-state index >= 15 is 0 Å². The number of aromatic nitrogens is 3. The largest absolute Gasteiger partial charge is 0.496 e. The number of ether oxygens (including phenoxy) is 1. The monoisotopic (exact) mass is 529 g/mol. The van der Waals surface area contributed by atoms with Gasteiger partial charge in [0.15, 0.2) is 17.2 Å². The number of nitrogens with one attached hydrogen (secondary N) is 1. The third-order valence-electron chi connectivity index (χ3n) is 7.18. The lowest BCUT2D eigenvalue weighted by Crippen LogP contribution is -2.18. The van der Waals surface area contributed by atoms with E-state index in [1.54, 1.807) is 7.11 Å². The summed E-state index contributed by atoms with van der Waals surface area (Å²) >= 11 is 0. The molecule has 0 aliphatic heterocycles. The van der Waals surface area contributed by atoms with Crippen LogP contribution < -0.4 is 4.74 Å². The van der Waals surface area contributed by atoms with Gasteiger partial charge in [-0.25, -0.2) is 4.79 Å². The number of benzene rings is 2. The van der Waals surface area contributed by atoms with Crippen LogP contribution in [0, 0.1) is 0 Å². The van der Waals surface area contributed by atoms with Gasteiger partial charge < -0.3 is 14.4 Å². The number of aromatic amines is 1. The number of H-pyrrole nitrogens is 1. The zero-order chi connectivity index (χ0) is 28.3. The van der Waals surface area contributed by atoms with E-state index in [2.05, 4.69) is 50.0 Å². The van der Waals surface area contributed by atoms with Gasteiger partial charge in [0.1, 0.15) is 11.4 Å². The van der Waals surface area contributed by atoms with Crippen LogP contribution in [-0.2, 0) is 5.41 Å². The number of carboxylic acids is 1. The number of aromatic carboxylic acids is 1. The molecule has 0 saturated heterocycles. The lowest BCUT2D eigenvalue weighted by atomic mass is 9.80. The van der Waals surface area contributed by atoms with Gasteiger partial charge in [-0.05, 0) is 24.0 Å². The summed E-state index contributed by atoms with van der Waals surface area (Å²) in [4.78, 5) is 24.9. The van der Waals surface area contributed by atoms with E-state index < -0.39 is 5.97 Å². The summed E-state index contributed by atoms with van der Waals surface area (Å²) < 4.78 is 10.8. The van der Waals surface area contributed by atoms with Gasteiger partial charge in [-0.15, -0.1) is 0 Å². The van der Waals surface area contributed by atoms with Gasteiger partial charge >= 0.3 is 5.97 Å². The molecule has 2 aromatic carbocycles. The fourth-order valence-electron chi connectivity index (χ4n) is 4.99. The lowest BCUT2D eigenvalue weighted by molar-refractivity contribution is 0.0685. The number of carbonyl (C=O) groups is 2. The Bertz CT molecular complexity index is 1460. The highest BCUT2D eigenvalue weighted by Crippen LogP contribution is 2.39. The lowest BCUT2D eigenvalue weighted by Gasteiger charge is -2.23. The summed E-state index contributed by atoms with van der Waals surface area (Å²) in [6, 6.07) is 16.9. The van der Waals surface area contributed by atoms with Crippen molar-refractivity contribution in [3.63, 3.8) is 0 Å². The third-order valence-corrected chi connectivity index (χ3v) is 7.18. The molecular formula is C31H35N3O5. The van der Waals surface area contributed by atoms with E-state index in [0.717, 1.165) is 40.1 Å². The molecule has 0 fully saturated rings. The average molecular weight is 530 g/mol. The quantitative estimate of drug-likeness (QED) is 0.213. The number of para-hydroxylation sites is 1. The van der Waals surface area contributed by atoms with Gasteiger partial charge in [-0.1, -0.05) is 82.2 Å². The van der Waals surface area contributed by atoms with E-state index in [0.29, 0.717) is 17.9 Å². The first-order valence-corrected chi connectivity index (χ1v) is 13.1. The highest BCUT2D eigenvalue weighted by atomic mass is 16.5. The number of carboxylic acid groups (broad SMARTS) is 1. The summed E-state index contributed by atoms with van der Waals surface area (Å²) in [7, 11) is 1.66. The maximum atomic E-state index is 13.8. The van der Waals surface area contributed by atoms with Crippen LogP contribution in [0.2, 0.25) is 0 Å². The zero-order valence-corrected chi connectivity index (χ0v) is 23.2. The number of hydrogen-bond donors (Lipinski definition) is 2. The van der Waals surface area contributed by atoms with Gasteiger partial charge in [-0.3, -0.25) is 9.89 Å². The molecule has 0 radical (unpaired) electrons. The van der Waals surface area contributed by atoms with Crippen LogP contribution in [0.15, 0.2) is 59.1 Å². The molecule has 8 nitrogen and oxygen atoms in total. The molecule has 0 saturated carbocycles. The highest BCUT2D eigenvalue weighted by molar-refractivity contribution is 5.97. The Morgan fingerprint density at radius 3 is 2.38 bits per heavy atom. The molecule has 0 spiro atoms. The molecule has 2 N–H and O–H groups in total. The van der Waals surface area contributed by atoms with Crippen molar-refractivity contribution in [2.45, 2.75) is 64.7 Å². The van der Waals surface area contributed by atoms with Crippen molar-refractivity contribution in [2.75, 3.05) is 7.11 Å². The number of nitrogens with zero attached hydrogens (tertiary/aromatic N) is 2. The highest BCUT2D eigenvalue weighted by Gasteiger charge is 2.32. The van der Waals surface area contributed by atoms with Crippen molar-refractivity contribution in [3.05, 3.63) is 88.4 Å². The molecule has 2 aromatic heterocycles. The van der Waals surface area contributed by atoms with E-state index in [1.165, 1.54) is 6.07 Å². The molecule has 0 aliphatic rings. The topological polar surface area (TPSA) is 118 Å². The normalized spacial score (nSPS) is 13.2. The van der Waals surface area contributed by atoms with Crippen molar-refractivity contribution in [1.29, 1.82) is 0 Å². The Hall–Kier alpha value is -4.20. The maximum absolute atomic E-state index is 13.8. The number of rotatable bonds is 10. The summed E-state index contributed by atoms with van der Waals surface area (Å²) in [5, 5.41) is 20.4. The van der Waals surface area contributed by atoms with Gasteiger partial charge in [0, 0.05) is 46.2 Å². The smallest absolute Gasteiger partial charge is 0.358 e. The maximum Gasteiger partial charge on any atom is 0.358 e. The van der Waals surface area contributed by atoms with Crippen LogP contribution in [0.4, 0.5) is 0 Å². The van der Waals surface area contributed by atoms with Crippen LogP contribution in [0.1, 0.15) is 103 Å². The molecule has 4 aromatic rings. The second kappa shape index (κ2) is 11.3. The van der Waals surface area contributed by atoms with Gasteiger partial charge in [0.25, 0.3) is 0 Å². The van der Waals surface area contributed by atoms with Crippen molar-refractivity contribution < 1.29 is 24.0 Å². The van der Waals surface area contributed by atoms with Gasteiger partial charge in [0.2, 0.25) is 0 Å². The second-order valence-electron chi connectivity index (χ2n) is 10.8. The number of Topliss-reactive ketones (excluding diaryl/α,β-unsaturated/α-hetero) is 1. The van der Waals surface area contributed by atoms with Crippen LogP contribution in [-0.4, -0.2) is 39.3 Å². The Kier molecular flexibility index (Phi) is 8.04. The minimum Gasteiger partial charge on any atom is -0.496 e. The molecule has 4 rings (SSSR count). The summed E-state index contributed by atoms with van der Waals surface area (Å²) in [5.41, 5.74) is 4.67. The van der Waals surface area contributed by atoms with Crippen molar-refractivity contribution >= 4 is 11.8 Å². The number of methoxy groups -OCH3 is 1. The zero-order valence-electron chi connectivity index (χ0n) is 23.2. The minimum atomic E-state index is -1.14. The SMILES string of the molecule is CCC(CC(=O)c1n[nH]c(C(C)(C)C)c1C(C)c1ccccc1OC)c1ccc(-c2cc(C(=O)O)no2)cc1. The van der Waals surface area contributed by atoms with Crippen molar-refractivity contribution in [2.24, 2.45) is 0 Å². The second-order valence-corrected chi connectivity index (χ2v) is 10.8. The van der Waals surface area contributed by atoms with E-state index in [4.69, 9.17) is 14.4 Å². The molecule has 2 unspecified atom stereocenters. The summed E-state index contributed by atoms with van der Waals surface area (Å²) in [6.45, 7) is 10.5. The van der Waals surface area contributed by atoms with Crippen LogP contribution >= 0.6 is 0 Å². The summed E-state index contributed by atoms with van der Waals surface area (Å²) in [6.07, 6.45) is 1.08. The third kappa shape index (κ3) is 5.79. The predicted octanol–water partition coefficient (Wildman–Crippen LogP) is 6.99. The molecular weight excluding hydrogens is 494 g/mol. The molecule has 0 amide bonds. The van der Waals surface area contributed by atoms with E-state index in [1.807, 2.05) is 48.5 Å². The van der Waals surface area contributed by atoms with E-state index in [9.17, 15) is 9.59 Å². The molecule has 204 valence electrons. The predicted molar refractivity (Wildman–Crippen MR) is 149 cm³/mol. The van der Waals surface area contributed by atoms with Crippen molar-refractivity contribution in [1.82, 2.24) is 15.4 Å². The van der Waals surface area contributed by atoms with Gasteiger partial charge in [-0.2, -0.15) is 5.10 Å². The Balaban J connectivity index is 1.63. The fourth-order valence-corrected chi connectivity index (χ4v) is 4.99. The summed E-state index contributed by atoms with van der Waals surface area (Å²) in [5.74, 6) is -0.123.